The van der Waals surface area contributed by atoms with E-state index in [4.69, 9.17) is 5.84 Å². The van der Waals surface area contributed by atoms with Gasteiger partial charge in [-0.2, -0.15) is 5.10 Å². The first-order chi connectivity index (χ1) is 9.78. The Morgan fingerprint density at radius 1 is 1.30 bits per heavy atom. The minimum absolute atomic E-state index is 0.204. The van der Waals surface area contributed by atoms with Crippen LogP contribution >= 0.6 is 0 Å². The third kappa shape index (κ3) is 2.62. The van der Waals surface area contributed by atoms with Crippen molar-refractivity contribution < 1.29 is 0 Å². The van der Waals surface area contributed by atoms with Crippen molar-refractivity contribution in [3.8, 4) is 0 Å². The van der Waals surface area contributed by atoms with Crippen LogP contribution in [0.3, 0.4) is 0 Å². The van der Waals surface area contributed by atoms with E-state index in [-0.39, 0.29) is 6.04 Å². The monoisotopic (exact) mass is 270 g/mol. The molecular formula is C16H22N4. The molecule has 3 rings (SSSR count). The highest BCUT2D eigenvalue weighted by molar-refractivity contribution is 5.36. The SMILES string of the molecule is Cn1nccc1CCC(NN)c1ccc2c(c1)CCC2. The number of nitrogens with zero attached hydrogens (tertiary/aromatic N) is 2. The molecule has 1 unspecified atom stereocenters. The summed E-state index contributed by atoms with van der Waals surface area (Å²) in [5.74, 6) is 5.76. The van der Waals surface area contributed by atoms with Crippen LogP contribution in [0.1, 0.15) is 41.3 Å². The molecule has 1 aromatic carbocycles. The van der Waals surface area contributed by atoms with E-state index in [2.05, 4.69) is 34.8 Å². The molecule has 3 N–H and O–H groups in total. The lowest BCUT2D eigenvalue weighted by molar-refractivity contribution is 0.506. The van der Waals surface area contributed by atoms with Crippen LogP contribution in [-0.2, 0) is 26.3 Å². The van der Waals surface area contributed by atoms with Crippen molar-refractivity contribution in [1.29, 1.82) is 0 Å². The normalized spacial score (nSPS) is 15.3. The van der Waals surface area contributed by atoms with Crippen LogP contribution in [0.5, 0.6) is 0 Å². The molecule has 1 atom stereocenters. The molecule has 0 amide bonds. The number of nitrogens with one attached hydrogen (secondary N) is 1. The molecule has 1 aliphatic rings. The Balaban J connectivity index is 1.71. The maximum atomic E-state index is 5.76. The summed E-state index contributed by atoms with van der Waals surface area (Å²) < 4.78 is 1.93. The van der Waals surface area contributed by atoms with Gasteiger partial charge in [0.2, 0.25) is 0 Å². The predicted octanol–water partition coefficient (Wildman–Crippen LogP) is 2.05. The third-order valence-electron chi connectivity index (χ3n) is 4.34. The molecule has 0 aliphatic heterocycles. The first-order valence-corrected chi connectivity index (χ1v) is 7.32. The molecule has 0 bridgehead atoms. The van der Waals surface area contributed by atoms with E-state index in [0.29, 0.717) is 0 Å². The first kappa shape index (κ1) is 13.3. The molecule has 0 fully saturated rings. The lowest BCUT2D eigenvalue weighted by Gasteiger charge is -2.17. The van der Waals surface area contributed by atoms with Crippen molar-refractivity contribution in [3.05, 3.63) is 52.8 Å². The van der Waals surface area contributed by atoms with Gasteiger partial charge < -0.3 is 0 Å². The van der Waals surface area contributed by atoms with E-state index in [0.717, 1.165) is 12.8 Å². The fourth-order valence-electron chi connectivity index (χ4n) is 3.09. The highest BCUT2D eigenvalue weighted by Gasteiger charge is 2.15. The highest BCUT2D eigenvalue weighted by Crippen LogP contribution is 2.27. The lowest BCUT2D eigenvalue weighted by atomic mass is 9.98. The zero-order chi connectivity index (χ0) is 13.9. The summed E-state index contributed by atoms with van der Waals surface area (Å²) in [6, 6.07) is 9.09. The number of hydrazine groups is 1. The summed E-state index contributed by atoms with van der Waals surface area (Å²) in [6.45, 7) is 0. The number of hydrogen-bond acceptors (Lipinski definition) is 3. The first-order valence-electron chi connectivity index (χ1n) is 7.32. The van der Waals surface area contributed by atoms with Gasteiger partial charge in [0.1, 0.15) is 0 Å². The molecule has 0 spiro atoms. The van der Waals surface area contributed by atoms with Gasteiger partial charge in [-0.1, -0.05) is 18.2 Å². The Kier molecular flexibility index (Phi) is 3.85. The average molecular weight is 270 g/mol. The van der Waals surface area contributed by atoms with Gasteiger partial charge in [-0.3, -0.25) is 16.0 Å². The molecule has 1 aliphatic carbocycles. The summed E-state index contributed by atoms with van der Waals surface area (Å²) in [6.07, 6.45) is 7.52. The lowest BCUT2D eigenvalue weighted by Crippen LogP contribution is -2.28. The molecule has 0 saturated carbocycles. The van der Waals surface area contributed by atoms with Crippen LogP contribution in [0.15, 0.2) is 30.5 Å². The molecule has 0 saturated heterocycles. The van der Waals surface area contributed by atoms with Crippen LogP contribution in [0.25, 0.3) is 0 Å². The van der Waals surface area contributed by atoms with Crippen molar-refractivity contribution in [2.45, 2.75) is 38.1 Å². The number of fused-ring (bicyclic) bond motifs is 1. The number of aromatic nitrogens is 2. The molecule has 4 nitrogen and oxygen atoms in total. The average Bonchev–Trinajstić information content (AvgIpc) is 3.08. The predicted molar refractivity (Wildman–Crippen MR) is 80.1 cm³/mol. The number of aryl methyl sites for hydroxylation is 4. The van der Waals surface area contributed by atoms with E-state index in [1.807, 2.05) is 17.9 Å². The zero-order valence-electron chi connectivity index (χ0n) is 12.0. The minimum atomic E-state index is 0.204. The van der Waals surface area contributed by atoms with Gasteiger partial charge in [0.15, 0.2) is 0 Å². The minimum Gasteiger partial charge on any atom is -0.273 e. The van der Waals surface area contributed by atoms with E-state index in [9.17, 15) is 0 Å². The Labute approximate surface area is 120 Å². The third-order valence-corrected chi connectivity index (χ3v) is 4.34. The van der Waals surface area contributed by atoms with Gasteiger partial charge in [0.25, 0.3) is 0 Å². The zero-order valence-corrected chi connectivity index (χ0v) is 12.0. The second-order valence-electron chi connectivity index (χ2n) is 5.59. The molecule has 2 aromatic rings. The summed E-state index contributed by atoms with van der Waals surface area (Å²) in [4.78, 5) is 0. The van der Waals surface area contributed by atoms with Crippen LogP contribution < -0.4 is 11.3 Å². The Morgan fingerprint density at radius 2 is 2.15 bits per heavy atom. The number of nitrogens with two attached hydrogens (primary N) is 1. The summed E-state index contributed by atoms with van der Waals surface area (Å²) in [5, 5.41) is 4.21. The van der Waals surface area contributed by atoms with Gasteiger partial charge in [0.05, 0.1) is 0 Å². The maximum Gasteiger partial charge on any atom is 0.0492 e. The second-order valence-corrected chi connectivity index (χ2v) is 5.59. The molecular weight excluding hydrogens is 248 g/mol. The van der Waals surface area contributed by atoms with Crippen molar-refractivity contribution in [1.82, 2.24) is 15.2 Å². The number of benzene rings is 1. The van der Waals surface area contributed by atoms with Gasteiger partial charge in [-0.25, -0.2) is 0 Å². The Hall–Kier alpha value is -1.65. The summed E-state index contributed by atoms with van der Waals surface area (Å²) in [5.41, 5.74) is 8.52. The summed E-state index contributed by atoms with van der Waals surface area (Å²) >= 11 is 0. The van der Waals surface area contributed by atoms with Crippen LogP contribution in [0.4, 0.5) is 0 Å². The van der Waals surface area contributed by atoms with E-state index >= 15 is 0 Å². The van der Waals surface area contributed by atoms with Crippen LogP contribution in [-0.4, -0.2) is 9.78 Å². The van der Waals surface area contributed by atoms with Gasteiger partial charge in [0, 0.05) is 25.0 Å². The van der Waals surface area contributed by atoms with Crippen molar-refractivity contribution >= 4 is 0 Å². The fraction of sp³-hybridized carbons (Fsp3) is 0.438. The van der Waals surface area contributed by atoms with Gasteiger partial charge in [-0.15, -0.1) is 0 Å². The molecule has 4 heteroatoms. The molecule has 20 heavy (non-hydrogen) atoms. The summed E-state index contributed by atoms with van der Waals surface area (Å²) in [7, 11) is 1.98. The van der Waals surface area contributed by atoms with Crippen LogP contribution in [0, 0.1) is 0 Å². The molecule has 0 radical (unpaired) electrons. The van der Waals surface area contributed by atoms with Gasteiger partial charge >= 0.3 is 0 Å². The number of rotatable bonds is 5. The molecule has 106 valence electrons. The van der Waals surface area contributed by atoms with Crippen LogP contribution in [0.2, 0.25) is 0 Å². The maximum absolute atomic E-state index is 5.76. The van der Waals surface area contributed by atoms with Crippen molar-refractivity contribution in [2.75, 3.05) is 0 Å². The highest BCUT2D eigenvalue weighted by atomic mass is 15.3. The Morgan fingerprint density at radius 3 is 2.90 bits per heavy atom. The standard InChI is InChI=1S/C16H22N4/c1-20-15(9-10-18-20)7-8-16(19-17)14-6-5-12-3-2-4-13(12)11-14/h5-6,9-11,16,19H,2-4,7-8,17H2,1H3. The quantitative estimate of drug-likeness (QED) is 0.646. The molecule has 1 aromatic heterocycles. The number of hydrogen-bond donors (Lipinski definition) is 2. The molecule has 1 heterocycles. The largest absolute Gasteiger partial charge is 0.273 e. The second kappa shape index (κ2) is 5.77. The van der Waals surface area contributed by atoms with Crippen molar-refractivity contribution in [3.63, 3.8) is 0 Å². The Bertz CT molecular complexity index is 588. The van der Waals surface area contributed by atoms with E-state index in [1.54, 1.807) is 0 Å². The van der Waals surface area contributed by atoms with E-state index < -0.39 is 0 Å². The topological polar surface area (TPSA) is 55.9 Å². The smallest absolute Gasteiger partial charge is 0.0492 e. The van der Waals surface area contributed by atoms with Gasteiger partial charge in [-0.05, 0) is 54.9 Å². The van der Waals surface area contributed by atoms with Crippen molar-refractivity contribution in [2.24, 2.45) is 12.9 Å². The van der Waals surface area contributed by atoms with E-state index in [1.165, 1.54) is 41.6 Å². The fourth-order valence-corrected chi connectivity index (χ4v) is 3.09.